The third-order valence-electron chi connectivity index (χ3n) is 2.42. The summed E-state index contributed by atoms with van der Waals surface area (Å²) in [5, 5.41) is 8.17. The summed E-state index contributed by atoms with van der Waals surface area (Å²) in [6.45, 7) is 6.47. The van der Waals surface area contributed by atoms with Crippen LogP contribution in [0.1, 0.15) is 12.6 Å². The molecule has 1 N–H and O–H groups in total. The molecule has 2 aromatic heterocycles. The van der Waals surface area contributed by atoms with Gasteiger partial charge in [-0.3, -0.25) is 4.79 Å². The first-order chi connectivity index (χ1) is 9.24. The van der Waals surface area contributed by atoms with Gasteiger partial charge in [0.05, 0.1) is 0 Å². The number of anilines is 1. The van der Waals surface area contributed by atoms with Gasteiger partial charge in [-0.15, -0.1) is 11.7 Å². The molecule has 0 aliphatic carbocycles. The minimum Gasteiger partial charge on any atom is -0.359 e. The van der Waals surface area contributed by atoms with Gasteiger partial charge in [0.2, 0.25) is 10.1 Å². The summed E-state index contributed by atoms with van der Waals surface area (Å²) in [7, 11) is 0. The zero-order valence-corrected chi connectivity index (χ0v) is 12.4. The van der Waals surface area contributed by atoms with Gasteiger partial charge in [0.15, 0.2) is 0 Å². The summed E-state index contributed by atoms with van der Waals surface area (Å²) in [5.74, 6) is 1.92. The molecule has 7 heteroatoms. The minimum absolute atomic E-state index is 0.118. The van der Waals surface area contributed by atoms with E-state index in [1.54, 1.807) is 11.8 Å². The van der Waals surface area contributed by atoms with E-state index < -0.39 is 0 Å². The van der Waals surface area contributed by atoms with Crippen molar-refractivity contribution >= 4 is 33.2 Å². The number of nitrogens with zero attached hydrogens (tertiary/aromatic N) is 3. The van der Waals surface area contributed by atoms with Crippen LogP contribution < -0.4 is 10.9 Å². The molecule has 0 bridgehead atoms. The Morgan fingerprint density at radius 1 is 1.63 bits per heavy atom. The Morgan fingerprint density at radius 2 is 2.47 bits per heavy atom. The number of fused-ring (bicyclic) bond motifs is 1. The molecule has 5 nitrogen and oxygen atoms in total. The molecule has 0 atom stereocenters. The third-order valence-corrected chi connectivity index (χ3v) is 4.25. The zero-order valence-electron chi connectivity index (χ0n) is 10.8. The second-order valence-electron chi connectivity index (χ2n) is 3.83. The lowest BCUT2D eigenvalue weighted by atomic mass is 10.3. The highest BCUT2D eigenvalue weighted by molar-refractivity contribution is 7.99. The molecule has 0 unspecified atom stereocenters. The van der Waals surface area contributed by atoms with E-state index in [9.17, 15) is 4.79 Å². The summed E-state index contributed by atoms with van der Waals surface area (Å²) < 4.78 is 1.35. The summed E-state index contributed by atoms with van der Waals surface area (Å²) >= 11 is 3.21. The van der Waals surface area contributed by atoms with Gasteiger partial charge >= 0.3 is 0 Å². The number of thioether (sulfide) groups is 1. The van der Waals surface area contributed by atoms with Crippen molar-refractivity contribution in [1.82, 2.24) is 14.6 Å². The van der Waals surface area contributed by atoms with Crippen molar-refractivity contribution in [3.63, 3.8) is 0 Å². The summed E-state index contributed by atoms with van der Waals surface area (Å²) in [4.78, 5) is 16.8. The van der Waals surface area contributed by atoms with Crippen LogP contribution in [0, 0.1) is 0 Å². The van der Waals surface area contributed by atoms with Gasteiger partial charge in [-0.25, -0.2) is 4.98 Å². The Balaban J connectivity index is 2.07. The molecule has 2 rings (SSSR count). The van der Waals surface area contributed by atoms with E-state index in [4.69, 9.17) is 0 Å². The lowest BCUT2D eigenvalue weighted by Crippen LogP contribution is -2.15. The second-order valence-corrected chi connectivity index (χ2v) is 5.94. The van der Waals surface area contributed by atoms with E-state index in [0.717, 1.165) is 35.3 Å². The quantitative estimate of drug-likeness (QED) is 0.626. The second kappa shape index (κ2) is 6.72. The number of hydrogen-bond acceptors (Lipinski definition) is 6. The maximum atomic E-state index is 11.8. The molecular formula is C12H16N4OS2. The monoisotopic (exact) mass is 296 g/mol. The number of aromatic nitrogens is 3. The highest BCUT2D eigenvalue weighted by atomic mass is 32.2. The van der Waals surface area contributed by atoms with Crippen LogP contribution in [0.3, 0.4) is 0 Å². The van der Waals surface area contributed by atoms with Gasteiger partial charge in [-0.1, -0.05) is 24.3 Å². The molecule has 0 amide bonds. The van der Waals surface area contributed by atoms with Crippen LogP contribution in [-0.2, 0) is 6.42 Å². The highest BCUT2D eigenvalue weighted by Crippen LogP contribution is 2.16. The van der Waals surface area contributed by atoms with Crippen molar-refractivity contribution in [3.8, 4) is 0 Å². The number of nitrogens with one attached hydrogen (secondary N) is 1. The Hall–Kier alpha value is -1.34. The number of rotatable bonds is 7. The smallest absolute Gasteiger partial charge is 0.275 e. The minimum atomic E-state index is -0.118. The Labute approximate surface area is 119 Å². The van der Waals surface area contributed by atoms with E-state index in [1.165, 1.54) is 21.9 Å². The van der Waals surface area contributed by atoms with Crippen molar-refractivity contribution in [1.29, 1.82) is 0 Å². The van der Waals surface area contributed by atoms with Crippen LogP contribution in [0.4, 0.5) is 5.13 Å². The molecule has 2 heterocycles. The fourth-order valence-corrected chi connectivity index (χ4v) is 2.94. The van der Waals surface area contributed by atoms with Gasteiger partial charge in [-0.05, 0) is 6.42 Å². The van der Waals surface area contributed by atoms with E-state index in [1.807, 2.05) is 13.0 Å². The van der Waals surface area contributed by atoms with Crippen LogP contribution in [0.15, 0.2) is 23.5 Å². The van der Waals surface area contributed by atoms with Crippen molar-refractivity contribution in [2.24, 2.45) is 0 Å². The standard InChI is InChI=1S/C12H16N4OS2/c1-3-6-18-7-5-13-11-15-16-10(17)8-9(4-2)14-12(16)19-11/h3,8H,1,4-7H2,2H3,(H,13,15). The van der Waals surface area contributed by atoms with Crippen LogP contribution in [0.5, 0.6) is 0 Å². The molecule has 0 saturated heterocycles. The molecule has 0 spiro atoms. The lowest BCUT2D eigenvalue weighted by molar-refractivity contribution is 0.876. The van der Waals surface area contributed by atoms with Crippen LogP contribution >= 0.6 is 23.1 Å². The predicted molar refractivity (Wildman–Crippen MR) is 82.5 cm³/mol. The molecule has 0 aliphatic heterocycles. The van der Waals surface area contributed by atoms with Gasteiger partial charge in [0.25, 0.3) is 5.56 Å². The first-order valence-electron chi connectivity index (χ1n) is 6.07. The maximum absolute atomic E-state index is 11.8. The predicted octanol–water partition coefficient (Wildman–Crippen LogP) is 2.04. The highest BCUT2D eigenvalue weighted by Gasteiger charge is 2.07. The van der Waals surface area contributed by atoms with Gasteiger partial charge in [0, 0.05) is 29.8 Å². The molecule has 0 fully saturated rings. The summed E-state index contributed by atoms with van der Waals surface area (Å²) in [6, 6.07) is 1.54. The van der Waals surface area contributed by atoms with E-state index >= 15 is 0 Å². The lowest BCUT2D eigenvalue weighted by Gasteiger charge is -1.99. The molecular weight excluding hydrogens is 280 g/mol. The van der Waals surface area contributed by atoms with Crippen molar-refractivity contribution < 1.29 is 0 Å². The number of hydrogen-bond donors (Lipinski definition) is 1. The Bertz CT molecular complexity index is 620. The maximum Gasteiger partial charge on any atom is 0.275 e. The van der Waals surface area contributed by atoms with E-state index in [-0.39, 0.29) is 5.56 Å². The molecule has 0 radical (unpaired) electrons. The zero-order chi connectivity index (χ0) is 13.7. The molecule has 0 aromatic carbocycles. The molecule has 19 heavy (non-hydrogen) atoms. The topological polar surface area (TPSA) is 59.3 Å². The average molecular weight is 296 g/mol. The molecule has 0 aliphatic rings. The first kappa shape index (κ1) is 14.1. The fourth-order valence-electron chi connectivity index (χ4n) is 1.51. The van der Waals surface area contributed by atoms with E-state index in [0.29, 0.717) is 4.96 Å². The fraction of sp³-hybridized carbons (Fsp3) is 0.417. The summed E-state index contributed by atoms with van der Waals surface area (Å²) in [6.07, 6.45) is 2.64. The SMILES string of the molecule is C=CCSCCNc1nn2c(=O)cc(CC)nc2s1. The Morgan fingerprint density at radius 3 is 3.21 bits per heavy atom. The van der Waals surface area contributed by atoms with Crippen molar-refractivity contribution in [2.75, 3.05) is 23.4 Å². The van der Waals surface area contributed by atoms with Crippen LogP contribution in [0.2, 0.25) is 0 Å². The molecule has 2 aromatic rings. The van der Waals surface area contributed by atoms with Crippen LogP contribution in [0.25, 0.3) is 4.96 Å². The summed E-state index contributed by atoms with van der Waals surface area (Å²) in [5.41, 5.74) is 0.689. The molecule has 0 saturated carbocycles. The average Bonchev–Trinajstić information content (AvgIpc) is 2.82. The van der Waals surface area contributed by atoms with Crippen molar-refractivity contribution in [2.45, 2.75) is 13.3 Å². The normalized spacial score (nSPS) is 10.8. The van der Waals surface area contributed by atoms with Crippen LogP contribution in [-0.4, -0.2) is 32.6 Å². The first-order valence-corrected chi connectivity index (χ1v) is 8.04. The van der Waals surface area contributed by atoms with Gasteiger partial charge in [0.1, 0.15) is 0 Å². The molecule has 102 valence electrons. The van der Waals surface area contributed by atoms with Crippen molar-refractivity contribution in [3.05, 3.63) is 34.8 Å². The van der Waals surface area contributed by atoms with E-state index in [2.05, 4.69) is 22.0 Å². The third kappa shape index (κ3) is 3.57. The largest absolute Gasteiger partial charge is 0.359 e. The number of aryl methyl sites for hydroxylation is 1. The Kier molecular flexibility index (Phi) is 4.98. The van der Waals surface area contributed by atoms with Gasteiger partial charge in [-0.2, -0.15) is 16.3 Å². The van der Waals surface area contributed by atoms with Gasteiger partial charge < -0.3 is 5.32 Å².